The zero-order valence-electron chi connectivity index (χ0n) is 22.4. The van der Waals surface area contributed by atoms with Crippen LogP contribution in [0.4, 0.5) is 8.78 Å². The summed E-state index contributed by atoms with van der Waals surface area (Å²) >= 11 is 0. The number of rotatable bonds is 10. The first-order chi connectivity index (χ1) is 17.4. The van der Waals surface area contributed by atoms with E-state index in [9.17, 15) is 23.8 Å². The van der Waals surface area contributed by atoms with Crippen LogP contribution in [-0.2, 0) is 22.2 Å². The molecule has 8 heteroatoms. The van der Waals surface area contributed by atoms with Gasteiger partial charge in [-0.05, 0) is 53.5 Å². The number of nitrogens with zero attached hydrogens (tertiary/aromatic N) is 1. The van der Waals surface area contributed by atoms with E-state index in [2.05, 4.69) is 60.6 Å². The third-order valence-corrected chi connectivity index (χ3v) is 7.29. The molecule has 2 atom stereocenters. The summed E-state index contributed by atoms with van der Waals surface area (Å²) in [4.78, 5) is 14.1. The second-order valence-electron chi connectivity index (χ2n) is 11.2. The van der Waals surface area contributed by atoms with E-state index in [1.165, 1.54) is 24.6 Å². The van der Waals surface area contributed by atoms with Crippen molar-refractivity contribution in [2.24, 2.45) is 0 Å². The van der Waals surface area contributed by atoms with Gasteiger partial charge in [0.25, 0.3) is 0 Å². The molecular weight excluding hydrogens is 476 g/mol. The first-order valence-electron chi connectivity index (χ1n) is 13.0. The van der Waals surface area contributed by atoms with Crippen LogP contribution in [0, 0.1) is 11.6 Å². The number of likely N-dealkylation sites (tertiary alicyclic amines) is 1. The molecule has 0 saturated carbocycles. The molecule has 1 fully saturated rings. The van der Waals surface area contributed by atoms with Crippen LogP contribution >= 0.6 is 0 Å². The average molecular weight is 518 g/mol. The van der Waals surface area contributed by atoms with Crippen LogP contribution in [0.25, 0.3) is 0 Å². The smallest absolute Gasteiger partial charge is 0.217 e. The van der Waals surface area contributed by atoms with Gasteiger partial charge in [0.15, 0.2) is 0 Å². The molecule has 37 heavy (non-hydrogen) atoms. The van der Waals surface area contributed by atoms with E-state index in [-0.39, 0.29) is 30.9 Å². The van der Waals surface area contributed by atoms with Crippen LogP contribution in [0.5, 0.6) is 0 Å². The molecule has 2 aromatic carbocycles. The predicted molar refractivity (Wildman–Crippen MR) is 141 cm³/mol. The van der Waals surface area contributed by atoms with Gasteiger partial charge in [0.1, 0.15) is 11.6 Å². The molecule has 3 rings (SSSR count). The van der Waals surface area contributed by atoms with Crippen molar-refractivity contribution in [3.63, 3.8) is 0 Å². The van der Waals surface area contributed by atoms with Gasteiger partial charge in [0, 0.05) is 44.7 Å². The summed E-state index contributed by atoms with van der Waals surface area (Å²) in [6, 6.07) is 11.0. The fraction of sp³-hybridized carbons (Fsp3) is 0.552. The number of benzene rings is 2. The van der Waals surface area contributed by atoms with Gasteiger partial charge in [0.05, 0.1) is 18.8 Å². The lowest BCUT2D eigenvalue weighted by molar-refractivity contribution is -0.120. The fourth-order valence-corrected chi connectivity index (χ4v) is 5.12. The zero-order valence-corrected chi connectivity index (χ0v) is 22.4. The van der Waals surface area contributed by atoms with Gasteiger partial charge in [-0.15, -0.1) is 0 Å². The molecule has 1 saturated heterocycles. The quantitative estimate of drug-likeness (QED) is 0.389. The van der Waals surface area contributed by atoms with Gasteiger partial charge in [0.2, 0.25) is 5.91 Å². The number of aliphatic hydroxyl groups is 2. The van der Waals surface area contributed by atoms with Crippen molar-refractivity contribution in [3.8, 4) is 0 Å². The molecule has 6 nitrogen and oxygen atoms in total. The van der Waals surface area contributed by atoms with Crippen LogP contribution in [0.15, 0.2) is 42.5 Å². The number of halogens is 2. The number of hydrogen-bond acceptors (Lipinski definition) is 5. The Kier molecular flexibility index (Phi) is 9.80. The molecule has 0 bridgehead atoms. The second-order valence-corrected chi connectivity index (χ2v) is 11.2. The Bertz CT molecular complexity index is 1030. The van der Waals surface area contributed by atoms with E-state index in [1.807, 2.05) is 0 Å². The minimum absolute atomic E-state index is 0.0228. The van der Waals surface area contributed by atoms with Gasteiger partial charge < -0.3 is 25.7 Å². The topological polar surface area (TPSA) is 84.8 Å². The Balaban J connectivity index is 1.83. The summed E-state index contributed by atoms with van der Waals surface area (Å²) < 4.78 is 27.5. The maximum Gasteiger partial charge on any atom is 0.217 e. The second kappa shape index (κ2) is 12.4. The van der Waals surface area contributed by atoms with Crippen molar-refractivity contribution < 1.29 is 23.8 Å². The highest BCUT2D eigenvalue weighted by Gasteiger charge is 2.37. The number of nitrogens with one attached hydrogen (secondary N) is 2. The van der Waals surface area contributed by atoms with Gasteiger partial charge in [-0.3, -0.25) is 4.79 Å². The van der Waals surface area contributed by atoms with E-state index in [4.69, 9.17) is 0 Å². The number of aliphatic hydroxyl groups excluding tert-OH is 2. The normalized spacial score (nSPS) is 17.8. The molecule has 1 unspecified atom stereocenters. The van der Waals surface area contributed by atoms with Crippen LogP contribution in [-0.4, -0.2) is 66.0 Å². The van der Waals surface area contributed by atoms with Gasteiger partial charge >= 0.3 is 0 Å². The molecule has 0 aliphatic carbocycles. The summed E-state index contributed by atoms with van der Waals surface area (Å²) in [7, 11) is 0. The van der Waals surface area contributed by atoms with Crippen molar-refractivity contribution in [1.29, 1.82) is 0 Å². The van der Waals surface area contributed by atoms with Crippen LogP contribution in [0.2, 0.25) is 0 Å². The molecule has 204 valence electrons. The molecule has 4 N–H and O–H groups in total. The maximum absolute atomic E-state index is 13.8. The highest BCUT2D eigenvalue weighted by Crippen LogP contribution is 2.35. The van der Waals surface area contributed by atoms with Crippen molar-refractivity contribution in [3.05, 3.63) is 70.8 Å². The maximum atomic E-state index is 13.8. The Morgan fingerprint density at radius 3 is 2.32 bits per heavy atom. The number of carbonyl (C=O) groups excluding carboxylic acids is 1. The van der Waals surface area contributed by atoms with E-state index >= 15 is 0 Å². The zero-order chi connectivity index (χ0) is 27.2. The summed E-state index contributed by atoms with van der Waals surface area (Å²) in [6.45, 7) is 10.4. The third-order valence-electron chi connectivity index (χ3n) is 7.29. The predicted octanol–water partition coefficient (Wildman–Crippen LogP) is 3.24. The summed E-state index contributed by atoms with van der Waals surface area (Å²) in [5.74, 6) is -1.72. The van der Waals surface area contributed by atoms with Crippen LogP contribution in [0.1, 0.15) is 57.2 Å². The summed E-state index contributed by atoms with van der Waals surface area (Å²) in [5, 5.41) is 26.9. The molecule has 1 aliphatic heterocycles. The summed E-state index contributed by atoms with van der Waals surface area (Å²) in [5.41, 5.74) is 2.29. The lowest BCUT2D eigenvalue weighted by Crippen LogP contribution is -2.56. The number of piperidine rings is 1. The number of carbonyl (C=O) groups is 1. The van der Waals surface area contributed by atoms with Crippen molar-refractivity contribution >= 4 is 5.91 Å². The Hall–Kier alpha value is -2.39. The first-order valence-corrected chi connectivity index (χ1v) is 13.0. The molecular formula is C29H41F2N3O3. The van der Waals surface area contributed by atoms with Crippen molar-refractivity contribution in [2.75, 3.05) is 32.8 Å². The average Bonchev–Trinajstić information content (AvgIpc) is 2.82. The van der Waals surface area contributed by atoms with E-state index in [1.54, 1.807) is 0 Å². The molecule has 1 aliphatic rings. The van der Waals surface area contributed by atoms with Gasteiger partial charge in [-0.2, -0.15) is 0 Å². The monoisotopic (exact) mass is 517 g/mol. The molecule has 1 heterocycles. The largest absolute Gasteiger partial charge is 0.395 e. The number of β-amino-alcohol motifs (C(OH)–C–C–N with tert-alkyl or cyclic N) is 1. The molecule has 0 spiro atoms. The van der Waals surface area contributed by atoms with E-state index in [0.717, 1.165) is 37.6 Å². The SMILES string of the molecule is CC(=O)N[C@@H](Cc1cc(F)cc(F)c1)C(O)CNC1(c2cccc(C(C)(C)C)c2)CCN(CCO)CC1. The van der Waals surface area contributed by atoms with Crippen LogP contribution < -0.4 is 10.6 Å². The molecule has 0 aromatic heterocycles. The fourth-order valence-electron chi connectivity index (χ4n) is 5.12. The van der Waals surface area contributed by atoms with E-state index in [0.29, 0.717) is 12.1 Å². The third kappa shape index (κ3) is 8.04. The Labute approximate surface area is 219 Å². The molecule has 0 radical (unpaired) electrons. The molecule has 1 amide bonds. The van der Waals surface area contributed by atoms with E-state index < -0.39 is 29.3 Å². The van der Waals surface area contributed by atoms with Crippen molar-refractivity contribution in [2.45, 2.75) is 70.1 Å². The highest BCUT2D eigenvalue weighted by molar-refractivity contribution is 5.73. The van der Waals surface area contributed by atoms with Crippen molar-refractivity contribution in [1.82, 2.24) is 15.5 Å². The van der Waals surface area contributed by atoms with Gasteiger partial charge in [-0.25, -0.2) is 8.78 Å². The lowest BCUT2D eigenvalue weighted by Gasteiger charge is -2.44. The van der Waals surface area contributed by atoms with Gasteiger partial charge in [-0.1, -0.05) is 45.0 Å². The first kappa shape index (κ1) is 29.2. The number of hydrogen-bond donors (Lipinski definition) is 4. The highest BCUT2D eigenvalue weighted by atomic mass is 19.1. The Morgan fingerprint density at radius 2 is 1.76 bits per heavy atom. The van der Waals surface area contributed by atoms with Crippen LogP contribution in [0.3, 0.4) is 0 Å². The minimum atomic E-state index is -0.992. The minimum Gasteiger partial charge on any atom is -0.395 e. The lowest BCUT2D eigenvalue weighted by atomic mass is 9.77. The Morgan fingerprint density at radius 1 is 1.11 bits per heavy atom. The molecule has 2 aromatic rings. The standard InChI is InChI=1S/C29H41F2N3O3/c1-20(36)33-26(16-21-14-24(30)18-25(31)15-21)27(37)19-32-29(8-10-34(11-9-29)12-13-35)23-7-5-6-22(17-23)28(2,3)4/h5-7,14-15,17-18,26-27,32,35,37H,8-13,16,19H2,1-4H3,(H,33,36)/t26-,27?/m0/s1. The summed E-state index contributed by atoms with van der Waals surface area (Å²) in [6.07, 6.45) is 0.669. The number of amides is 1.